The lowest BCUT2D eigenvalue weighted by Gasteiger charge is -2.24. The molecule has 0 radical (unpaired) electrons. The van der Waals surface area contributed by atoms with E-state index in [1.165, 1.54) is 4.90 Å². The first-order valence-electron chi connectivity index (χ1n) is 8.53. The van der Waals surface area contributed by atoms with Crippen LogP contribution >= 0.6 is 0 Å². The Hall–Kier alpha value is -2.08. The normalized spacial score (nSPS) is 19.3. The highest BCUT2D eigenvalue weighted by Gasteiger charge is 2.37. The number of carbonyl (C=O) groups is 2. The van der Waals surface area contributed by atoms with Crippen molar-refractivity contribution in [2.75, 3.05) is 13.7 Å². The van der Waals surface area contributed by atoms with Gasteiger partial charge in [-0.3, -0.25) is 4.79 Å². The highest BCUT2D eigenvalue weighted by atomic mass is 16.6. The summed E-state index contributed by atoms with van der Waals surface area (Å²) in [5, 5.41) is 10.5. The maximum absolute atomic E-state index is 12.1. The molecule has 1 aliphatic carbocycles. The van der Waals surface area contributed by atoms with Crippen molar-refractivity contribution in [1.82, 2.24) is 4.90 Å². The number of amides is 1. The zero-order chi connectivity index (χ0) is 18.8. The van der Waals surface area contributed by atoms with Crippen molar-refractivity contribution in [1.29, 1.82) is 0 Å². The van der Waals surface area contributed by atoms with E-state index < -0.39 is 23.7 Å². The number of nitrogens with zero attached hydrogens (tertiary/aromatic N) is 1. The molecule has 0 bridgehead atoms. The zero-order valence-electron chi connectivity index (χ0n) is 15.5. The summed E-state index contributed by atoms with van der Waals surface area (Å²) in [6.45, 7) is 7.86. The van der Waals surface area contributed by atoms with Gasteiger partial charge in [0.1, 0.15) is 5.60 Å². The number of ether oxygens (including phenoxy) is 2. The number of benzene rings is 1. The molecular weight excluding hydrogens is 322 g/mol. The summed E-state index contributed by atoms with van der Waals surface area (Å²) in [6, 6.07) is 5.65. The Morgan fingerprint density at radius 1 is 1.32 bits per heavy atom. The van der Waals surface area contributed by atoms with Crippen LogP contribution in [-0.4, -0.2) is 41.3 Å². The number of fused-ring (bicyclic) bond motifs is 1. The number of aliphatic hydroxyl groups excluding tert-OH is 1. The smallest absolute Gasteiger partial charge is 0.410 e. The molecule has 0 saturated carbocycles. The van der Waals surface area contributed by atoms with E-state index in [0.29, 0.717) is 19.6 Å². The predicted molar refractivity (Wildman–Crippen MR) is 92.9 cm³/mol. The standard InChI is InChI=1S/C19H27NO5/c1-6-24-17(22)15-10-13-8-7-12(9-14(13)16(15)21)11-20(5)18(23)25-19(2,3)4/h7-9,15-16,21H,6,10-11H2,1-5H3/t15-,16+/m0/s1. The highest BCUT2D eigenvalue weighted by Crippen LogP contribution is 2.37. The van der Waals surface area contributed by atoms with Gasteiger partial charge < -0.3 is 19.5 Å². The van der Waals surface area contributed by atoms with Crippen molar-refractivity contribution in [2.24, 2.45) is 5.92 Å². The van der Waals surface area contributed by atoms with Crippen molar-refractivity contribution in [2.45, 2.75) is 52.4 Å². The summed E-state index contributed by atoms with van der Waals surface area (Å²) < 4.78 is 10.4. The Bertz CT molecular complexity index is 650. The van der Waals surface area contributed by atoms with E-state index in [2.05, 4.69) is 0 Å². The summed E-state index contributed by atoms with van der Waals surface area (Å²) in [6.07, 6.45) is -0.809. The molecule has 0 heterocycles. The van der Waals surface area contributed by atoms with Crippen LogP contribution in [0.5, 0.6) is 0 Å². The van der Waals surface area contributed by atoms with Gasteiger partial charge in [0.15, 0.2) is 0 Å². The van der Waals surface area contributed by atoms with Crippen molar-refractivity contribution in [3.63, 3.8) is 0 Å². The van der Waals surface area contributed by atoms with Gasteiger partial charge in [-0.05, 0) is 50.8 Å². The lowest BCUT2D eigenvalue weighted by molar-refractivity contribution is -0.151. The van der Waals surface area contributed by atoms with Gasteiger partial charge >= 0.3 is 12.1 Å². The van der Waals surface area contributed by atoms with Crippen LogP contribution in [0.15, 0.2) is 18.2 Å². The Morgan fingerprint density at radius 3 is 2.60 bits per heavy atom. The van der Waals surface area contributed by atoms with E-state index in [1.54, 1.807) is 14.0 Å². The molecule has 138 valence electrons. The van der Waals surface area contributed by atoms with Crippen molar-refractivity contribution in [3.8, 4) is 0 Å². The summed E-state index contributed by atoms with van der Waals surface area (Å²) in [7, 11) is 1.67. The monoisotopic (exact) mass is 349 g/mol. The topological polar surface area (TPSA) is 76.1 Å². The molecule has 1 aromatic carbocycles. The van der Waals surface area contributed by atoms with Crippen molar-refractivity contribution in [3.05, 3.63) is 34.9 Å². The second-order valence-corrected chi connectivity index (χ2v) is 7.38. The number of carbonyl (C=O) groups excluding carboxylic acids is 2. The molecule has 1 aromatic rings. The molecule has 1 amide bonds. The number of esters is 1. The molecule has 1 aliphatic rings. The average Bonchev–Trinajstić information content (AvgIpc) is 2.83. The van der Waals surface area contributed by atoms with Gasteiger partial charge in [-0.25, -0.2) is 4.79 Å². The SMILES string of the molecule is CCOC(=O)[C@H]1Cc2ccc(CN(C)C(=O)OC(C)(C)C)cc2[C@H]1O. The summed E-state index contributed by atoms with van der Waals surface area (Å²) in [4.78, 5) is 25.5. The minimum absolute atomic E-state index is 0.296. The molecule has 1 N–H and O–H groups in total. The molecule has 2 rings (SSSR count). The van der Waals surface area contributed by atoms with E-state index in [0.717, 1.165) is 16.7 Å². The van der Waals surface area contributed by atoms with E-state index in [1.807, 2.05) is 39.0 Å². The molecule has 0 spiro atoms. The average molecular weight is 349 g/mol. The first kappa shape index (κ1) is 19.2. The summed E-state index contributed by atoms with van der Waals surface area (Å²) in [5.74, 6) is -0.938. The van der Waals surface area contributed by atoms with E-state index in [9.17, 15) is 14.7 Å². The van der Waals surface area contributed by atoms with E-state index in [4.69, 9.17) is 9.47 Å². The van der Waals surface area contributed by atoms with Crippen LogP contribution in [0.25, 0.3) is 0 Å². The second-order valence-electron chi connectivity index (χ2n) is 7.38. The molecule has 0 aliphatic heterocycles. The first-order chi connectivity index (χ1) is 11.6. The Balaban J connectivity index is 2.08. The van der Waals surface area contributed by atoms with Gasteiger partial charge in [-0.2, -0.15) is 0 Å². The van der Waals surface area contributed by atoms with Crippen molar-refractivity contribution < 1.29 is 24.2 Å². The van der Waals surface area contributed by atoms with Crippen molar-refractivity contribution >= 4 is 12.1 Å². The minimum Gasteiger partial charge on any atom is -0.466 e. The summed E-state index contributed by atoms with van der Waals surface area (Å²) in [5.41, 5.74) is 1.99. The Morgan fingerprint density at radius 2 is 2.00 bits per heavy atom. The fourth-order valence-corrected chi connectivity index (χ4v) is 2.91. The maximum Gasteiger partial charge on any atom is 0.410 e. The molecule has 0 aromatic heterocycles. The van der Waals surface area contributed by atoms with Crippen LogP contribution in [0.4, 0.5) is 4.79 Å². The molecule has 0 saturated heterocycles. The fourth-order valence-electron chi connectivity index (χ4n) is 2.91. The Labute approximate surface area is 148 Å². The predicted octanol–water partition coefficient (Wildman–Crippen LogP) is 2.82. The fraction of sp³-hybridized carbons (Fsp3) is 0.579. The zero-order valence-corrected chi connectivity index (χ0v) is 15.5. The van der Waals surface area contributed by atoms with Gasteiger partial charge in [-0.1, -0.05) is 18.2 Å². The largest absolute Gasteiger partial charge is 0.466 e. The minimum atomic E-state index is -0.874. The molecule has 2 atom stereocenters. The van der Waals surface area contributed by atoms with E-state index >= 15 is 0 Å². The third kappa shape index (κ3) is 4.72. The highest BCUT2D eigenvalue weighted by molar-refractivity contribution is 5.75. The number of hydrogen-bond donors (Lipinski definition) is 1. The third-order valence-electron chi connectivity index (χ3n) is 4.06. The molecule has 0 fully saturated rings. The van der Waals surface area contributed by atoms with Crippen LogP contribution < -0.4 is 0 Å². The quantitative estimate of drug-likeness (QED) is 0.846. The van der Waals surface area contributed by atoms with Gasteiger partial charge in [0.05, 0.1) is 18.6 Å². The third-order valence-corrected chi connectivity index (χ3v) is 4.06. The van der Waals surface area contributed by atoms with Gasteiger partial charge in [0.2, 0.25) is 0 Å². The molecule has 6 nitrogen and oxygen atoms in total. The van der Waals surface area contributed by atoms with Crippen LogP contribution in [0.2, 0.25) is 0 Å². The number of rotatable bonds is 4. The van der Waals surface area contributed by atoms with Crippen LogP contribution in [0.1, 0.15) is 50.5 Å². The van der Waals surface area contributed by atoms with Gasteiger partial charge in [0, 0.05) is 13.6 Å². The second kappa shape index (κ2) is 7.44. The maximum atomic E-state index is 12.1. The summed E-state index contributed by atoms with van der Waals surface area (Å²) >= 11 is 0. The van der Waals surface area contributed by atoms with E-state index in [-0.39, 0.29) is 5.97 Å². The molecule has 0 unspecified atom stereocenters. The number of aliphatic hydroxyl groups is 1. The molecular formula is C19H27NO5. The van der Waals surface area contributed by atoms with Gasteiger partial charge in [-0.15, -0.1) is 0 Å². The number of hydrogen-bond acceptors (Lipinski definition) is 5. The lowest BCUT2D eigenvalue weighted by Crippen LogP contribution is -2.33. The first-order valence-corrected chi connectivity index (χ1v) is 8.53. The molecule has 6 heteroatoms. The van der Waals surface area contributed by atoms with Gasteiger partial charge in [0.25, 0.3) is 0 Å². The van der Waals surface area contributed by atoms with Crippen LogP contribution in [0.3, 0.4) is 0 Å². The van der Waals surface area contributed by atoms with Crippen LogP contribution in [-0.2, 0) is 27.2 Å². The van der Waals surface area contributed by atoms with Crippen LogP contribution in [0, 0.1) is 5.92 Å². The lowest BCUT2D eigenvalue weighted by atomic mass is 10.0. The molecule has 25 heavy (non-hydrogen) atoms. The Kier molecular flexibility index (Phi) is 5.72.